The van der Waals surface area contributed by atoms with Gasteiger partial charge in [-0.05, 0) is 50.0 Å². The summed E-state index contributed by atoms with van der Waals surface area (Å²) in [5.41, 5.74) is 4.41. The highest BCUT2D eigenvalue weighted by atomic mass is 16.3. The van der Waals surface area contributed by atoms with Crippen molar-refractivity contribution < 1.29 is 9.90 Å². The molecule has 35 heavy (non-hydrogen) atoms. The lowest BCUT2D eigenvalue weighted by atomic mass is 10.0. The fourth-order valence-corrected chi connectivity index (χ4v) is 3.91. The van der Waals surface area contributed by atoms with Crippen LogP contribution in [0.2, 0.25) is 0 Å². The van der Waals surface area contributed by atoms with Gasteiger partial charge in [0.25, 0.3) is 5.91 Å². The van der Waals surface area contributed by atoms with Crippen LogP contribution in [0.15, 0.2) is 72.8 Å². The van der Waals surface area contributed by atoms with Gasteiger partial charge in [-0.3, -0.25) is 15.0 Å². The van der Waals surface area contributed by atoms with Crippen LogP contribution in [0.3, 0.4) is 0 Å². The van der Waals surface area contributed by atoms with Gasteiger partial charge in [0, 0.05) is 22.2 Å². The third-order valence-corrected chi connectivity index (χ3v) is 5.59. The van der Waals surface area contributed by atoms with Crippen LogP contribution in [0.25, 0.3) is 33.5 Å². The van der Waals surface area contributed by atoms with Crippen LogP contribution in [-0.4, -0.2) is 55.4 Å². The summed E-state index contributed by atoms with van der Waals surface area (Å²) in [6.45, 7) is 0.670. The van der Waals surface area contributed by atoms with Crippen molar-refractivity contribution in [1.82, 2.24) is 30.3 Å². The number of benzene rings is 3. The van der Waals surface area contributed by atoms with Gasteiger partial charge >= 0.3 is 0 Å². The van der Waals surface area contributed by atoms with Crippen molar-refractivity contribution in [1.29, 1.82) is 0 Å². The Morgan fingerprint density at radius 3 is 2.60 bits per heavy atom. The number of aliphatic hydroxyl groups is 1. The first-order chi connectivity index (χ1) is 17.0. The van der Waals surface area contributed by atoms with Crippen LogP contribution in [0, 0.1) is 0 Å². The predicted octanol–water partition coefficient (Wildman–Crippen LogP) is 3.75. The lowest BCUT2D eigenvalue weighted by Gasteiger charge is -2.12. The molecule has 3 aromatic carbocycles. The minimum Gasteiger partial charge on any atom is -0.378 e. The Labute approximate surface area is 201 Å². The maximum atomic E-state index is 12.6. The van der Waals surface area contributed by atoms with E-state index in [2.05, 4.69) is 30.7 Å². The van der Waals surface area contributed by atoms with Crippen LogP contribution in [-0.2, 0) is 11.3 Å². The van der Waals surface area contributed by atoms with E-state index >= 15 is 0 Å². The van der Waals surface area contributed by atoms with Gasteiger partial charge in [0.2, 0.25) is 0 Å². The normalized spacial score (nSPS) is 12.2. The van der Waals surface area contributed by atoms with Crippen LogP contribution in [0.4, 0.5) is 5.69 Å². The number of nitrogens with zero attached hydrogens (tertiary/aromatic N) is 4. The Kier molecular flexibility index (Phi) is 6.09. The molecule has 9 heteroatoms. The number of carbonyl (C=O) groups is 1. The van der Waals surface area contributed by atoms with Gasteiger partial charge in [-0.15, -0.1) is 0 Å². The first kappa shape index (κ1) is 22.5. The van der Waals surface area contributed by atoms with E-state index in [1.54, 1.807) is 30.3 Å². The third kappa shape index (κ3) is 4.81. The first-order valence-electron chi connectivity index (χ1n) is 11.2. The van der Waals surface area contributed by atoms with Crippen molar-refractivity contribution >= 4 is 22.5 Å². The van der Waals surface area contributed by atoms with E-state index in [0.29, 0.717) is 23.6 Å². The zero-order valence-corrected chi connectivity index (χ0v) is 19.4. The van der Waals surface area contributed by atoms with Gasteiger partial charge in [-0.2, -0.15) is 10.2 Å². The van der Waals surface area contributed by atoms with Crippen molar-refractivity contribution in [3.8, 4) is 22.6 Å². The summed E-state index contributed by atoms with van der Waals surface area (Å²) in [7, 11) is 3.95. The van der Waals surface area contributed by atoms with Gasteiger partial charge in [0.15, 0.2) is 11.9 Å². The molecule has 1 amide bonds. The Bertz CT molecular complexity index is 1470. The molecule has 0 radical (unpaired) electrons. The molecule has 0 aliphatic carbocycles. The summed E-state index contributed by atoms with van der Waals surface area (Å²) in [6.07, 6.45) is -1.26. The molecule has 0 saturated heterocycles. The maximum Gasteiger partial charge on any atom is 0.257 e. The highest BCUT2D eigenvalue weighted by Crippen LogP contribution is 2.31. The largest absolute Gasteiger partial charge is 0.378 e. The van der Waals surface area contributed by atoms with Gasteiger partial charge < -0.3 is 15.3 Å². The van der Waals surface area contributed by atoms with E-state index in [4.69, 9.17) is 0 Å². The molecule has 1 unspecified atom stereocenters. The van der Waals surface area contributed by atoms with Gasteiger partial charge in [-0.1, -0.05) is 42.5 Å². The molecule has 0 bridgehead atoms. The molecule has 176 valence electrons. The fraction of sp³-hybridized carbons (Fsp3) is 0.154. The molecule has 0 spiro atoms. The lowest BCUT2D eigenvalue weighted by Crippen LogP contribution is -2.20. The second kappa shape index (κ2) is 9.49. The highest BCUT2D eigenvalue weighted by Gasteiger charge is 2.18. The maximum absolute atomic E-state index is 12.6. The number of fused-ring (bicyclic) bond motifs is 1. The molecule has 0 aliphatic heterocycles. The van der Waals surface area contributed by atoms with Crippen LogP contribution in [0.5, 0.6) is 0 Å². The molecular weight excluding hydrogens is 442 g/mol. The summed E-state index contributed by atoms with van der Waals surface area (Å²) in [5.74, 6) is 0.908. The van der Waals surface area contributed by atoms with Gasteiger partial charge in [0.1, 0.15) is 5.82 Å². The van der Waals surface area contributed by atoms with Crippen molar-refractivity contribution in [2.75, 3.05) is 19.4 Å². The SMILES string of the molecule is CN(C)Cc1nc(-c2ccc3[nH]nc(-c4cccc(NC(=O)C(O)c5ccccc5)c4)c3c2)n[nH]1. The Balaban J connectivity index is 1.41. The average Bonchev–Trinajstić information content (AvgIpc) is 3.50. The van der Waals surface area contributed by atoms with Crippen LogP contribution < -0.4 is 5.32 Å². The summed E-state index contributed by atoms with van der Waals surface area (Å²) in [4.78, 5) is 19.2. The quantitative estimate of drug-likeness (QED) is 0.289. The average molecular weight is 468 g/mol. The van der Waals surface area contributed by atoms with Crippen LogP contribution in [0.1, 0.15) is 17.5 Å². The van der Waals surface area contributed by atoms with E-state index in [1.165, 1.54) is 0 Å². The molecule has 5 rings (SSSR count). The van der Waals surface area contributed by atoms with E-state index in [1.807, 2.05) is 61.5 Å². The number of aromatic amines is 2. The van der Waals surface area contributed by atoms with Crippen molar-refractivity contribution in [2.24, 2.45) is 0 Å². The lowest BCUT2D eigenvalue weighted by molar-refractivity contribution is -0.124. The van der Waals surface area contributed by atoms with Crippen molar-refractivity contribution in [3.05, 3.63) is 84.2 Å². The highest BCUT2D eigenvalue weighted by molar-refractivity contribution is 5.98. The zero-order chi connectivity index (χ0) is 24.4. The number of amides is 1. The number of nitrogens with one attached hydrogen (secondary N) is 3. The molecule has 2 aromatic heterocycles. The number of anilines is 1. The molecule has 4 N–H and O–H groups in total. The summed E-state index contributed by atoms with van der Waals surface area (Å²) >= 11 is 0. The van der Waals surface area contributed by atoms with Crippen LogP contribution >= 0.6 is 0 Å². The van der Waals surface area contributed by atoms with Crippen molar-refractivity contribution in [2.45, 2.75) is 12.6 Å². The fourth-order valence-electron chi connectivity index (χ4n) is 3.91. The molecule has 5 aromatic rings. The van der Waals surface area contributed by atoms with Crippen molar-refractivity contribution in [3.63, 3.8) is 0 Å². The second-order valence-corrected chi connectivity index (χ2v) is 8.56. The number of H-pyrrole nitrogens is 2. The Hall–Kier alpha value is -4.34. The Morgan fingerprint density at radius 2 is 1.80 bits per heavy atom. The number of hydrogen-bond donors (Lipinski definition) is 4. The molecule has 1 atom stereocenters. The molecule has 2 heterocycles. The van der Waals surface area contributed by atoms with E-state index in [-0.39, 0.29) is 0 Å². The standard InChI is InChI=1S/C26H25N7O2/c1-33(2)15-22-28-25(32-30-22)18-11-12-21-20(14-18)23(31-29-21)17-9-6-10-19(13-17)27-26(35)24(34)16-7-4-3-5-8-16/h3-14,24,34H,15H2,1-2H3,(H,27,35)(H,29,31)(H,28,30,32). The topological polar surface area (TPSA) is 123 Å². The smallest absolute Gasteiger partial charge is 0.257 e. The number of hydrogen-bond acceptors (Lipinski definition) is 6. The minimum absolute atomic E-state index is 0.499. The Morgan fingerprint density at radius 1 is 0.971 bits per heavy atom. The van der Waals surface area contributed by atoms with Gasteiger partial charge in [0.05, 0.1) is 17.8 Å². The first-order valence-corrected chi connectivity index (χ1v) is 11.2. The summed E-state index contributed by atoms with van der Waals surface area (Å²) < 4.78 is 0. The van der Waals surface area contributed by atoms with Gasteiger partial charge in [-0.25, -0.2) is 4.98 Å². The number of aromatic nitrogens is 5. The van der Waals surface area contributed by atoms with E-state index < -0.39 is 12.0 Å². The monoisotopic (exact) mass is 467 g/mol. The molecular formula is C26H25N7O2. The third-order valence-electron chi connectivity index (χ3n) is 5.59. The van der Waals surface area contributed by atoms with E-state index in [0.717, 1.165) is 33.5 Å². The number of aliphatic hydroxyl groups excluding tert-OH is 1. The second-order valence-electron chi connectivity index (χ2n) is 8.56. The number of carbonyl (C=O) groups excluding carboxylic acids is 1. The molecule has 0 saturated carbocycles. The zero-order valence-electron chi connectivity index (χ0n) is 19.4. The molecule has 9 nitrogen and oxygen atoms in total. The summed E-state index contributed by atoms with van der Waals surface area (Å²) in [5, 5.41) is 29.0. The van der Waals surface area contributed by atoms with E-state index in [9.17, 15) is 9.90 Å². The summed E-state index contributed by atoms with van der Waals surface area (Å²) in [6, 6.07) is 22.1. The minimum atomic E-state index is -1.26. The molecule has 0 fully saturated rings. The molecule has 0 aliphatic rings. The number of rotatable bonds is 7. The predicted molar refractivity (Wildman–Crippen MR) is 134 cm³/mol.